The minimum atomic E-state index is 0.146. The van der Waals surface area contributed by atoms with E-state index >= 15 is 0 Å². The summed E-state index contributed by atoms with van der Waals surface area (Å²) in [6, 6.07) is 0. The van der Waals surface area contributed by atoms with E-state index in [0.29, 0.717) is 18.6 Å². The average molecular weight is 131 g/mol. The Kier molecular flexibility index (Phi) is 1.69. The molecule has 1 rings (SSSR count). The van der Waals surface area contributed by atoms with Crippen LogP contribution in [0.5, 0.6) is 0 Å². The SMILES string of the molecule is [2H]OC[C@H]1O[C@@H](C)C[C@@H]1C. The number of hydrogen-bond acceptors (Lipinski definition) is 2. The third-order valence-corrected chi connectivity index (χ3v) is 1.91. The molecule has 1 heterocycles. The van der Waals surface area contributed by atoms with Crippen molar-refractivity contribution in [2.75, 3.05) is 6.61 Å². The monoisotopic (exact) mass is 131 g/mol. The van der Waals surface area contributed by atoms with E-state index in [0.717, 1.165) is 6.42 Å². The molecule has 0 aromatic carbocycles. The largest absolute Gasteiger partial charge is 0.394 e. The van der Waals surface area contributed by atoms with Gasteiger partial charge in [0, 0.05) is 0 Å². The number of aliphatic hydroxyl groups excluding tert-OH is 1. The van der Waals surface area contributed by atoms with E-state index in [1.807, 2.05) is 0 Å². The van der Waals surface area contributed by atoms with Crippen LogP contribution in [-0.2, 0) is 4.74 Å². The zero-order valence-corrected chi connectivity index (χ0v) is 5.96. The number of ether oxygens (including phenoxy) is 1. The van der Waals surface area contributed by atoms with Gasteiger partial charge in [0.15, 0.2) is 0 Å². The predicted octanol–water partition coefficient (Wildman–Crippen LogP) is 0.792. The Labute approximate surface area is 57.3 Å². The first-order valence-electron chi connectivity index (χ1n) is 3.88. The number of hydrogen-bond donors (Lipinski definition) is 1. The van der Waals surface area contributed by atoms with Gasteiger partial charge in [-0.05, 0) is 19.3 Å². The highest BCUT2D eigenvalue weighted by atomic mass is 16.5. The molecule has 0 aliphatic carbocycles. The summed E-state index contributed by atoms with van der Waals surface area (Å²) in [6.45, 7) is 4.60. The van der Waals surface area contributed by atoms with Crippen molar-refractivity contribution in [1.82, 2.24) is 0 Å². The Balaban J connectivity index is 2.31. The molecule has 0 aromatic heterocycles. The molecular weight excluding hydrogens is 116 g/mol. The van der Waals surface area contributed by atoms with Gasteiger partial charge in [0.2, 0.25) is 1.43 Å². The normalized spacial score (nSPS) is 45.1. The van der Waals surface area contributed by atoms with E-state index in [-0.39, 0.29) is 6.10 Å². The molecule has 0 bridgehead atoms. The lowest BCUT2D eigenvalue weighted by Crippen LogP contribution is -2.18. The Morgan fingerprint density at radius 3 is 3.00 bits per heavy atom. The second-order valence-corrected chi connectivity index (χ2v) is 2.86. The van der Waals surface area contributed by atoms with Crippen LogP contribution in [0.2, 0.25) is 0 Å². The van der Waals surface area contributed by atoms with E-state index in [1.54, 1.807) is 0 Å². The molecule has 2 nitrogen and oxygen atoms in total. The predicted molar refractivity (Wildman–Crippen MR) is 35.2 cm³/mol. The van der Waals surface area contributed by atoms with Gasteiger partial charge in [-0.3, -0.25) is 0 Å². The molecule has 0 unspecified atom stereocenters. The van der Waals surface area contributed by atoms with Crippen LogP contribution in [0, 0.1) is 5.92 Å². The van der Waals surface area contributed by atoms with Crippen molar-refractivity contribution in [1.29, 1.82) is 1.43 Å². The average Bonchev–Trinajstić information content (AvgIpc) is 2.13. The highest BCUT2D eigenvalue weighted by Crippen LogP contribution is 2.24. The van der Waals surface area contributed by atoms with Crippen LogP contribution < -0.4 is 0 Å². The van der Waals surface area contributed by atoms with Crippen molar-refractivity contribution in [2.24, 2.45) is 5.92 Å². The van der Waals surface area contributed by atoms with Crippen LogP contribution in [0.25, 0.3) is 0 Å². The van der Waals surface area contributed by atoms with E-state index in [1.165, 1.54) is 0 Å². The molecule has 2 heteroatoms. The fourth-order valence-corrected chi connectivity index (χ4v) is 1.37. The van der Waals surface area contributed by atoms with Gasteiger partial charge in [0.1, 0.15) is 0 Å². The highest BCUT2D eigenvalue weighted by Gasteiger charge is 2.28. The van der Waals surface area contributed by atoms with Crippen molar-refractivity contribution in [3.63, 3.8) is 0 Å². The molecule has 1 N–H and O–H groups in total. The molecule has 1 saturated heterocycles. The van der Waals surface area contributed by atoms with Crippen LogP contribution in [-0.4, -0.2) is 25.4 Å². The van der Waals surface area contributed by atoms with Gasteiger partial charge in [0.25, 0.3) is 0 Å². The molecule has 0 radical (unpaired) electrons. The maximum atomic E-state index is 6.54. The van der Waals surface area contributed by atoms with Crippen molar-refractivity contribution in [2.45, 2.75) is 32.5 Å². The summed E-state index contributed by atoms with van der Waals surface area (Å²) in [4.78, 5) is 0. The molecule has 9 heavy (non-hydrogen) atoms. The van der Waals surface area contributed by atoms with E-state index in [4.69, 9.17) is 6.17 Å². The molecule has 1 aliphatic rings. The van der Waals surface area contributed by atoms with Crippen molar-refractivity contribution >= 4 is 0 Å². The van der Waals surface area contributed by atoms with Crippen LogP contribution in [0.1, 0.15) is 20.3 Å². The summed E-state index contributed by atoms with van der Waals surface area (Å²) in [5, 5.41) is 4.27. The fourth-order valence-electron chi connectivity index (χ4n) is 1.37. The zero-order chi connectivity index (χ0) is 7.56. The van der Waals surface area contributed by atoms with Gasteiger partial charge < -0.3 is 9.85 Å². The van der Waals surface area contributed by atoms with Gasteiger partial charge in [0.05, 0.1) is 18.8 Å². The number of rotatable bonds is 2. The summed E-state index contributed by atoms with van der Waals surface area (Å²) in [5.74, 6) is 0.542. The maximum Gasteiger partial charge on any atom is 0.210 e. The third kappa shape index (κ3) is 1.43. The molecule has 1 fully saturated rings. The van der Waals surface area contributed by atoms with E-state index in [9.17, 15) is 0 Å². The van der Waals surface area contributed by atoms with Crippen LogP contribution in [0.4, 0.5) is 0 Å². The smallest absolute Gasteiger partial charge is 0.210 e. The highest BCUT2D eigenvalue weighted by molar-refractivity contribution is 4.76. The lowest BCUT2D eigenvalue weighted by molar-refractivity contribution is 0.00884. The first-order valence-corrected chi connectivity index (χ1v) is 3.47. The summed E-state index contributed by atoms with van der Waals surface area (Å²) in [6.07, 6.45) is 1.58. The molecule has 0 amide bonds. The van der Waals surface area contributed by atoms with Crippen LogP contribution in [0.15, 0.2) is 0 Å². The lowest BCUT2D eigenvalue weighted by atomic mass is 10.0. The lowest BCUT2D eigenvalue weighted by Gasteiger charge is -2.09. The second-order valence-electron chi connectivity index (χ2n) is 2.86. The third-order valence-electron chi connectivity index (χ3n) is 1.91. The maximum absolute atomic E-state index is 6.54. The first-order chi connectivity index (χ1) is 4.74. The zero-order valence-electron chi connectivity index (χ0n) is 6.96. The molecule has 1 aliphatic heterocycles. The molecule has 0 aromatic rings. The van der Waals surface area contributed by atoms with Gasteiger partial charge in [-0.25, -0.2) is 0 Å². The summed E-state index contributed by atoms with van der Waals surface area (Å²) in [7, 11) is 0. The minimum Gasteiger partial charge on any atom is -0.394 e. The quantitative estimate of drug-likeness (QED) is 0.600. The summed E-state index contributed by atoms with van der Waals surface area (Å²) in [5.41, 5.74) is 0. The standard InChI is InChI=1S/C7H14O2/c1-5-3-6(2)9-7(5)4-8/h5-8H,3-4H2,1-2H3/t5-,6-,7+/m0/s1/i8D. The Morgan fingerprint density at radius 1 is 1.78 bits per heavy atom. The Morgan fingerprint density at radius 2 is 2.56 bits per heavy atom. The minimum absolute atomic E-state index is 0.146. The topological polar surface area (TPSA) is 29.5 Å². The van der Waals surface area contributed by atoms with Gasteiger partial charge in [-0.2, -0.15) is 0 Å². The Hall–Kier alpha value is -0.0800. The summed E-state index contributed by atoms with van der Waals surface area (Å²) < 4.78 is 12.0. The van der Waals surface area contributed by atoms with Crippen molar-refractivity contribution < 1.29 is 9.85 Å². The number of aliphatic hydroxyl groups is 1. The molecule has 54 valence electrons. The van der Waals surface area contributed by atoms with E-state index < -0.39 is 0 Å². The van der Waals surface area contributed by atoms with Crippen LogP contribution in [0.3, 0.4) is 0 Å². The van der Waals surface area contributed by atoms with Gasteiger partial charge in [-0.15, -0.1) is 0 Å². The Bertz CT molecular complexity index is 108. The van der Waals surface area contributed by atoms with E-state index in [2.05, 4.69) is 19.0 Å². The molecular formula is C7H14O2. The molecule has 0 spiro atoms. The molecule has 0 saturated carbocycles. The van der Waals surface area contributed by atoms with Gasteiger partial charge >= 0.3 is 0 Å². The fraction of sp³-hybridized carbons (Fsp3) is 1.00. The van der Waals surface area contributed by atoms with Crippen LogP contribution >= 0.6 is 0 Å². The second kappa shape index (κ2) is 2.67. The molecule has 3 atom stereocenters. The van der Waals surface area contributed by atoms with Crippen molar-refractivity contribution in [3.05, 3.63) is 0 Å². The van der Waals surface area contributed by atoms with Crippen molar-refractivity contribution in [3.8, 4) is 0 Å². The first kappa shape index (κ1) is 5.69. The van der Waals surface area contributed by atoms with Gasteiger partial charge in [-0.1, -0.05) is 6.92 Å². The summed E-state index contributed by atoms with van der Waals surface area (Å²) >= 11 is 0.